The third-order valence-electron chi connectivity index (χ3n) is 5.06. The molecule has 3 heterocycles. The van der Waals surface area contributed by atoms with Gasteiger partial charge in [-0.1, -0.05) is 29.5 Å². The number of hydrogen-bond acceptors (Lipinski definition) is 7. The summed E-state index contributed by atoms with van der Waals surface area (Å²) >= 11 is 2.91. The van der Waals surface area contributed by atoms with Gasteiger partial charge in [0.15, 0.2) is 4.80 Å². The van der Waals surface area contributed by atoms with Crippen LogP contribution in [-0.4, -0.2) is 31.2 Å². The molecule has 0 radical (unpaired) electrons. The number of carbonyl (C=O) groups excluding carboxylic acids is 1. The van der Waals surface area contributed by atoms with Crippen molar-refractivity contribution < 1.29 is 9.53 Å². The van der Waals surface area contributed by atoms with Gasteiger partial charge in [0.05, 0.1) is 28.5 Å². The van der Waals surface area contributed by atoms with E-state index in [4.69, 9.17) is 4.74 Å². The highest BCUT2D eigenvalue weighted by Crippen LogP contribution is 2.31. The molecule has 1 aromatic carbocycles. The number of aromatic nitrogens is 1. The molecule has 6 nitrogen and oxygen atoms in total. The molecule has 0 fully saturated rings. The summed E-state index contributed by atoms with van der Waals surface area (Å²) in [6.45, 7) is 3.82. The number of rotatable bonds is 5. The number of benzene rings is 1. The van der Waals surface area contributed by atoms with E-state index in [0.717, 1.165) is 16.1 Å². The summed E-state index contributed by atoms with van der Waals surface area (Å²) in [5.74, 6) is -0.446. The van der Waals surface area contributed by atoms with Crippen LogP contribution in [0.15, 0.2) is 62.8 Å². The fourth-order valence-electron chi connectivity index (χ4n) is 3.56. The molecular formula is C23H23N3O3S2. The number of nitrogens with zero attached hydrogens (tertiary/aromatic N) is 3. The lowest BCUT2D eigenvalue weighted by molar-refractivity contribution is -0.139. The van der Waals surface area contributed by atoms with Crippen molar-refractivity contribution in [1.29, 1.82) is 0 Å². The summed E-state index contributed by atoms with van der Waals surface area (Å²) in [7, 11) is 3.94. The summed E-state index contributed by atoms with van der Waals surface area (Å²) in [5, 5.41) is 1.97. The van der Waals surface area contributed by atoms with Crippen molar-refractivity contribution in [3.05, 3.63) is 83.2 Å². The normalized spacial score (nSPS) is 16.1. The van der Waals surface area contributed by atoms with E-state index in [-0.39, 0.29) is 12.2 Å². The molecule has 8 heteroatoms. The van der Waals surface area contributed by atoms with Gasteiger partial charge in [0.1, 0.15) is 0 Å². The monoisotopic (exact) mass is 453 g/mol. The number of hydrogen-bond donors (Lipinski definition) is 0. The standard InChI is InChI=1S/C23H23N3O3S2/c1-5-29-22(28)19-14(2)24-23-26(20(19)15-8-10-16(11-9-15)25(3)4)21(27)18(31-23)13-17-7-6-12-30-17/h6-13,20H,5H2,1-4H3. The molecule has 0 saturated carbocycles. The van der Waals surface area contributed by atoms with Crippen LogP contribution in [0.3, 0.4) is 0 Å². The summed E-state index contributed by atoms with van der Waals surface area (Å²) in [6, 6.07) is 11.2. The number of ether oxygens (including phenoxy) is 1. The van der Waals surface area contributed by atoms with Gasteiger partial charge < -0.3 is 9.64 Å². The van der Waals surface area contributed by atoms with Crippen molar-refractivity contribution >= 4 is 40.4 Å². The van der Waals surface area contributed by atoms with E-state index in [1.807, 2.05) is 66.8 Å². The quantitative estimate of drug-likeness (QED) is 0.558. The van der Waals surface area contributed by atoms with E-state index in [2.05, 4.69) is 4.99 Å². The molecule has 160 valence electrons. The van der Waals surface area contributed by atoms with E-state index in [1.54, 1.807) is 29.8 Å². The number of thiophene rings is 1. The van der Waals surface area contributed by atoms with Gasteiger partial charge in [-0.3, -0.25) is 9.36 Å². The third kappa shape index (κ3) is 4.00. The second-order valence-corrected chi connectivity index (χ2v) is 9.29. The zero-order chi connectivity index (χ0) is 22.1. The molecule has 1 aliphatic rings. The molecule has 3 aromatic rings. The Hall–Kier alpha value is -2.97. The predicted molar refractivity (Wildman–Crippen MR) is 125 cm³/mol. The van der Waals surface area contributed by atoms with Gasteiger partial charge >= 0.3 is 5.97 Å². The van der Waals surface area contributed by atoms with Crippen LogP contribution in [-0.2, 0) is 9.53 Å². The molecule has 4 rings (SSSR count). The van der Waals surface area contributed by atoms with E-state index in [0.29, 0.717) is 20.6 Å². The number of anilines is 1. The van der Waals surface area contributed by atoms with E-state index < -0.39 is 12.0 Å². The van der Waals surface area contributed by atoms with Crippen molar-refractivity contribution in [1.82, 2.24) is 4.57 Å². The van der Waals surface area contributed by atoms with Crippen LogP contribution >= 0.6 is 22.7 Å². The van der Waals surface area contributed by atoms with Crippen LogP contribution in [0.4, 0.5) is 5.69 Å². The maximum Gasteiger partial charge on any atom is 0.338 e. The maximum absolute atomic E-state index is 13.4. The first-order valence-corrected chi connectivity index (χ1v) is 11.6. The molecule has 31 heavy (non-hydrogen) atoms. The fraction of sp³-hybridized carbons (Fsp3) is 0.261. The lowest BCUT2D eigenvalue weighted by atomic mass is 9.95. The van der Waals surface area contributed by atoms with Crippen molar-refractivity contribution in [2.24, 2.45) is 4.99 Å². The Bertz CT molecular complexity index is 1310. The van der Waals surface area contributed by atoms with E-state index in [1.165, 1.54) is 11.3 Å². The first kappa shape index (κ1) is 21.3. The molecule has 0 amide bonds. The van der Waals surface area contributed by atoms with Crippen LogP contribution in [0.25, 0.3) is 6.08 Å². The largest absolute Gasteiger partial charge is 0.463 e. The van der Waals surface area contributed by atoms with Gasteiger partial charge in [-0.25, -0.2) is 9.79 Å². The highest BCUT2D eigenvalue weighted by molar-refractivity contribution is 7.11. The van der Waals surface area contributed by atoms with Crippen LogP contribution in [0.1, 0.15) is 30.3 Å². The van der Waals surface area contributed by atoms with Gasteiger partial charge in [0.2, 0.25) is 0 Å². The van der Waals surface area contributed by atoms with Crippen LogP contribution in [0.5, 0.6) is 0 Å². The maximum atomic E-state index is 13.4. The molecular weight excluding hydrogens is 430 g/mol. The smallest absolute Gasteiger partial charge is 0.338 e. The molecule has 0 bridgehead atoms. The van der Waals surface area contributed by atoms with Crippen molar-refractivity contribution in [3.63, 3.8) is 0 Å². The number of esters is 1. The summed E-state index contributed by atoms with van der Waals surface area (Å²) in [6.07, 6.45) is 1.88. The topological polar surface area (TPSA) is 63.9 Å². The van der Waals surface area contributed by atoms with E-state index in [9.17, 15) is 9.59 Å². The zero-order valence-corrected chi connectivity index (χ0v) is 19.4. The van der Waals surface area contributed by atoms with Crippen molar-refractivity contribution in [3.8, 4) is 0 Å². The van der Waals surface area contributed by atoms with Crippen molar-refractivity contribution in [2.45, 2.75) is 19.9 Å². The van der Waals surface area contributed by atoms with Gasteiger partial charge in [0.25, 0.3) is 5.56 Å². The number of carbonyl (C=O) groups is 1. The average molecular weight is 454 g/mol. The molecule has 0 spiro atoms. The van der Waals surface area contributed by atoms with Crippen LogP contribution in [0.2, 0.25) is 0 Å². The molecule has 0 N–H and O–H groups in total. The predicted octanol–water partition coefficient (Wildman–Crippen LogP) is 2.93. The lowest BCUT2D eigenvalue weighted by Crippen LogP contribution is -2.39. The Labute approximate surface area is 188 Å². The highest BCUT2D eigenvalue weighted by Gasteiger charge is 2.33. The molecule has 1 unspecified atom stereocenters. The summed E-state index contributed by atoms with van der Waals surface area (Å²) in [5.41, 5.74) is 2.69. The second kappa shape index (κ2) is 8.64. The Balaban J connectivity index is 1.94. The van der Waals surface area contributed by atoms with Gasteiger partial charge in [-0.15, -0.1) is 11.3 Å². The van der Waals surface area contributed by atoms with E-state index >= 15 is 0 Å². The Morgan fingerprint density at radius 2 is 2.00 bits per heavy atom. The number of thiazole rings is 1. The average Bonchev–Trinajstić information content (AvgIpc) is 3.35. The summed E-state index contributed by atoms with van der Waals surface area (Å²) < 4.78 is 7.54. The molecule has 1 aliphatic heterocycles. The van der Waals surface area contributed by atoms with Gasteiger partial charge in [-0.2, -0.15) is 0 Å². The third-order valence-corrected chi connectivity index (χ3v) is 6.86. The minimum absolute atomic E-state index is 0.159. The first-order valence-electron chi connectivity index (χ1n) is 9.91. The second-order valence-electron chi connectivity index (χ2n) is 7.30. The minimum atomic E-state index is -0.586. The number of allylic oxidation sites excluding steroid dienone is 1. The molecule has 0 saturated heterocycles. The fourth-order valence-corrected chi connectivity index (χ4v) is 5.33. The number of fused-ring (bicyclic) bond motifs is 1. The Kier molecular flexibility index (Phi) is 5.93. The van der Waals surface area contributed by atoms with Crippen molar-refractivity contribution in [2.75, 3.05) is 25.6 Å². The van der Waals surface area contributed by atoms with Gasteiger partial charge in [0, 0.05) is 24.7 Å². The first-order chi connectivity index (χ1) is 14.9. The lowest BCUT2D eigenvalue weighted by Gasteiger charge is -2.25. The highest BCUT2D eigenvalue weighted by atomic mass is 32.1. The zero-order valence-electron chi connectivity index (χ0n) is 17.8. The SMILES string of the molecule is CCOC(=O)C1=C(C)N=c2sc(=Cc3cccs3)c(=O)n2C1c1ccc(N(C)C)cc1. The molecule has 2 aromatic heterocycles. The van der Waals surface area contributed by atoms with Crippen LogP contribution < -0.4 is 19.8 Å². The Morgan fingerprint density at radius 1 is 1.26 bits per heavy atom. The van der Waals surface area contributed by atoms with Gasteiger partial charge in [-0.05, 0) is 49.1 Å². The Morgan fingerprint density at radius 3 is 2.61 bits per heavy atom. The molecule has 0 aliphatic carbocycles. The summed E-state index contributed by atoms with van der Waals surface area (Å²) in [4.78, 5) is 34.5. The van der Waals surface area contributed by atoms with Crippen LogP contribution in [0, 0.1) is 0 Å². The molecule has 1 atom stereocenters. The minimum Gasteiger partial charge on any atom is -0.463 e.